The molecule has 1 amide bonds. The Balaban J connectivity index is 1.10. The fraction of sp³-hybridized carbons (Fsp3) is 0.250. The van der Waals surface area contributed by atoms with Crippen molar-refractivity contribution in [2.75, 3.05) is 37.6 Å². The predicted octanol–water partition coefficient (Wildman–Crippen LogP) is 5.24. The fourth-order valence-electron chi connectivity index (χ4n) is 4.50. The van der Waals surface area contributed by atoms with Gasteiger partial charge in [0.15, 0.2) is 5.16 Å². The summed E-state index contributed by atoms with van der Waals surface area (Å²) in [5, 5.41) is 3.73. The number of carbonyl (C=O) groups is 1. The molecule has 1 N–H and O–H groups in total. The summed E-state index contributed by atoms with van der Waals surface area (Å²) >= 11 is 1.62. The second-order valence-corrected chi connectivity index (χ2v) is 10.7. The first-order chi connectivity index (χ1) is 19.6. The molecule has 0 bridgehead atoms. The number of piperazine rings is 1. The summed E-state index contributed by atoms with van der Waals surface area (Å²) in [5.74, 6) is 1.65. The molecular weight excluding hydrogens is 516 g/mol. The Hall–Kier alpha value is -4.01. The molecule has 0 radical (unpaired) electrons. The molecule has 7 nitrogen and oxygen atoms in total. The third kappa shape index (κ3) is 8.00. The van der Waals surface area contributed by atoms with E-state index in [0.717, 1.165) is 66.3 Å². The SMILES string of the molecule is Cc1cc(N2CCN(C/C=C/c3ccccc3)CC2)nc(SCc2ccc(C(=O)NCc3ccncc3)cc2)n1. The molecule has 1 aliphatic rings. The maximum Gasteiger partial charge on any atom is 0.251 e. The predicted molar refractivity (Wildman–Crippen MR) is 162 cm³/mol. The van der Waals surface area contributed by atoms with Crippen molar-refractivity contribution in [1.82, 2.24) is 25.2 Å². The number of rotatable bonds is 10. The summed E-state index contributed by atoms with van der Waals surface area (Å²) in [7, 11) is 0. The van der Waals surface area contributed by atoms with Gasteiger partial charge in [0.25, 0.3) is 5.91 Å². The van der Waals surface area contributed by atoms with Gasteiger partial charge in [-0.1, -0.05) is 66.4 Å². The van der Waals surface area contributed by atoms with Crippen LogP contribution in [0.4, 0.5) is 5.82 Å². The van der Waals surface area contributed by atoms with Gasteiger partial charge < -0.3 is 10.2 Å². The topological polar surface area (TPSA) is 74.2 Å². The minimum absolute atomic E-state index is 0.0880. The third-order valence-corrected chi connectivity index (χ3v) is 7.69. The molecule has 1 saturated heterocycles. The maximum atomic E-state index is 12.5. The molecule has 204 valence electrons. The molecule has 0 aliphatic carbocycles. The van der Waals surface area contributed by atoms with Gasteiger partial charge in [-0.15, -0.1) is 0 Å². The van der Waals surface area contributed by atoms with E-state index >= 15 is 0 Å². The number of carbonyl (C=O) groups excluding carboxylic acids is 1. The fourth-order valence-corrected chi connectivity index (χ4v) is 5.35. The number of amides is 1. The highest BCUT2D eigenvalue weighted by atomic mass is 32.2. The van der Waals surface area contributed by atoms with Crippen molar-refractivity contribution in [3.8, 4) is 0 Å². The Bertz CT molecular complexity index is 1400. The Kier molecular flexibility index (Phi) is 9.55. The van der Waals surface area contributed by atoms with Gasteiger partial charge in [-0.2, -0.15) is 0 Å². The van der Waals surface area contributed by atoms with Crippen LogP contribution < -0.4 is 10.2 Å². The van der Waals surface area contributed by atoms with Crippen molar-refractivity contribution < 1.29 is 4.79 Å². The van der Waals surface area contributed by atoms with Crippen molar-refractivity contribution in [2.45, 2.75) is 24.4 Å². The van der Waals surface area contributed by atoms with Gasteiger partial charge >= 0.3 is 0 Å². The lowest BCUT2D eigenvalue weighted by atomic mass is 10.1. The van der Waals surface area contributed by atoms with E-state index in [1.807, 2.05) is 49.4 Å². The van der Waals surface area contributed by atoms with Crippen LogP contribution in [0.2, 0.25) is 0 Å². The third-order valence-electron chi connectivity index (χ3n) is 6.78. The van der Waals surface area contributed by atoms with Gasteiger partial charge in [0.1, 0.15) is 5.82 Å². The van der Waals surface area contributed by atoms with E-state index in [0.29, 0.717) is 12.1 Å². The van der Waals surface area contributed by atoms with E-state index in [1.54, 1.807) is 24.2 Å². The van der Waals surface area contributed by atoms with Crippen LogP contribution in [0.5, 0.6) is 0 Å². The standard InChI is InChI=1S/C32H34N6OS/c1-25-22-30(38-20-18-37(19-21-38)17-5-8-26-6-3-2-4-7-26)36-32(35-25)40-24-28-9-11-29(12-10-28)31(39)34-23-27-13-15-33-16-14-27/h2-16,22H,17-21,23-24H2,1H3,(H,34,39)/b8-5+. The first kappa shape index (κ1) is 27.6. The zero-order chi connectivity index (χ0) is 27.6. The Morgan fingerprint density at radius 2 is 1.68 bits per heavy atom. The highest BCUT2D eigenvalue weighted by Crippen LogP contribution is 2.24. The molecule has 40 heavy (non-hydrogen) atoms. The van der Waals surface area contributed by atoms with Crippen LogP contribution in [0.1, 0.15) is 32.7 Å². The molecule has 0 unspecified atom stereocenters. The van der Waals surface area contributed by atoms with Gasteiger partial charge in [0.2, 0.25) is 0 Å². The molecule has 5 rings (SSSR count). The minimum Gasteiger partial charge on any atom is -0.354 e. The second kappa shape index (κ2) is 13.9. The van der Waals surface area contributed by atoms with Crippen LogP contribution in [0.3, 0.4) is 0 Å². The van der Waals surface area contributed by atoms with Crippen LogP contribution in [-0.4, -0.2) is 58.5 Å². The Morgan fingerprint density at radius 3 is 2.42 bits per heavy atom. The number of nitrogens with zero attached hydrogens (tertiary/aromatic N) is 5. The highest BCUT2D eigenvalue weighted by Gasteiger charge is 2.18. The van der Waals surface area contributed by atoms with Crippen LogP contribution in [0.25, 0.3) is 6.08 Å². The smallest absolute Gasteiger partial charge is 0.251 e. The molecule has 0 saturated carbocycles. The number of aromatic nitrogens is 3. The molecule has 4 aromatic rings. The summed E-state index contributed by atoms with van der Waals surface area (Å²) in [6.45, 7) is 7.37. The van der Waals surface area contributed by atoms with Gasteiger partial charge in [-0.25, -0.2) is 9.97 Å². The minimum atomic E-state index is -0.0880. The van der Waals surface area contributed by atoms with Crippen LogP contribution in [0.15, 0.2) is 96.4 Å². The van der Waals surface area contributed by atoms with Crippen molar-refractivity contribution in [1.29, 1.82) is 0 Å². The maximum absolute atomic E-state index is 12.5. The molecule has 1 aliphatic heterocycles. The zero-order valence-electron chi connectivity index (χ0n) is 22.7. The molecule has 8 heteroatoms. The van der Waals surface area contributed by atoms with Crippen LogP contribution >= 0.6 is 11.8 Å². The lowest BCUT2D eigenvalue weighted by molar-refractivity contribution is 0.0951. The summed E-state index contributed by atoms with van der Waals surface area (Å²) in [6, 6.07) is 24.0. The van der Waals surface area contributed by atoms with Crippen molar-refractivity contribution >= 4 is 29.6 Å². The Labute approximate surface area is 240 Å². The van der Waals surface area contributed by atoms with E-state index in [1.165, 1.54) is 5.56 Å². The lowest BCUT2D eigenvalue weighted by Crippen LogP contribution is -2.46. The number of thioether (sulfide) groups is 1. The van der Waals surface area contributed by atoms with Gasteiger partial charge in [-0.3, -0.25) is 14.7 Å². The molecule has 0 spiro atoms. The van der Waals surface area contributed by atoms with E-state index in [2.05, 4.69) is 67.6 Å². The number of anilines is 1. The number of benzene rings is 2. The number of nitrogens with one attached hydrogen (secondary N) is 1. The monoisotopic (exact) mass is 550 g/mol. The molecule has 1 fully saturated rings. The Morgan fingerprint density at radius 1 is 0.925 bits per heavy atom. The molecular formula is C32H34N6OS. The molecule has 2 aromatic carbocycles. The quantitative estimate of drug-likeness (QED) is 0.214. The van der Waals surface area contributed by atoms with Crippen LogP contribution in [0, 0.1) is 6.92 Å². The molecule has 0 atom stereocenters. The zero-order valence-corrected chi connectivity index (χ0v) is 23.6. The van der Waals surface area contributed by atoms with Crippen molar-refractivity contribution in [2.24, 2.45) is 0 Å². The van der Waals surface area contributed by atoms with Gasteiger partial charge in [0.05, 0.1) is 0 Å². The van der Waals surface area contributed by atoms with Crippen molar-refractivity contribution in [3.63, 3.8) is 0 Å². The number of hydrogen-bond donors (Lipinski definition) is 1. The first-order valence-electron chi connectivity index (χ1n) is 13.6. The average Bonchev–Trinajstić information content (AvgIpc) is 3.00. The molecule has 2 aromatic heterocycles. The van der Waals surface area contributed by atoms with Crippen LogP contribution in [-0.2, 0) is 12.3 Å². The average molecular weight is 551 g/mol. The summed E-state index contributed by atoms with van der Waals surface area (Å²) in [5.41, 5.74) is 5.00. The number of aryl methyl sites for hydroxylation is 1. The van der Waals surface area contributed by atoms with Gasteiger partial charge in [0, 0.05) is 74.7 Å². The normalized spacial score (nSPS) is 14.0. The number of pyridine rings is 1. The van der Waals surface area contributed by atoms with Gasteiger partial charge in [-0.05, 0) is 47.9 Å². The largest absolute Gasteiger partial charge is 0.354 e. The summed E-state index contributed by atoms with van der Waals surface area (Å²) in [4.78, 5) is 30.9. The van der Waals surface area contributed by atoms with E-state index in [9.17, 15) is 4.79 Å². The van der Waals surface area contributed by atoms with Crippen molar-refractivity contribution in [3.05, 3.63) is 119 Å². The molecule has 3 heterocycles. The summed E-state index contributed by atoms with van der Waals surface area (Å²) in [6.07, 6.45) is 7.88. The highest BCUT2D eigenvalue weighted by molar-refractivity contribution is 7.98. The first-order valence-corrected chi connectivity index (χ1v) is 14.5. The lowest BCUT2D eigenvalue weighted by Gasteiger charge is -2.35. The van der Waals surface area contributed by atoms with E-state index in [-0.39, 0.29) is 5.91 Å². The van der Waals surface area contributed by atoms with E-state index < -0.39 is 0 Å². The summed E-state index contributed by atoms with van der Waals surface area (Å²) < 4.78 is 0. The number of hydrogen-bond acceptors (Lipinski definition) is 7. The van der Waals surface area contributed by atoms with E-state index in [4.69, 9.17) is 4.98 Å². The second-order valence-electron chi connectivity index (χ2n) is 9.77.